The summed E-state index contributed by atoms with van der Waals surface area (Å²) in [5.41, 5.74) is 1.41. The van der Waals surface area contributed by atoms with Gasteiger partial charge in [0.2, 0.25) is 5.91 Å². The number of aryl methyl sites for hydroxylation is 2. The van der Waals surface area contributed by atoms with Crippen molar-refractivity contribution in [2.24, 2.45) is 0 Å². The molecule has 0 aliphatic carbocycles. The number of aromatic nitrogens is 2. The molecule has 1 N–H and O–H groups in total. The molecule has 26 heavy (non-hydrogen) atoms. The highest BCUT2D eigenvalue weighted by molar-refractivity contribution is 5.92. The summed E-state index contributed by atoms with van der Waals surface area (Å²) in [7, 11) is 3.06. The largest absolute Gasteiger partial charge is 0.497 e. The van der Waals surface area contributed by atoms with Crippen LogP contribution < -0.4 is 14.8 Å². The van der Waals surface area contributed by atoms with Crippen molar-refractivity contribution in [2.45, 2.75) is 33.2 Å². The van der Waals surface area contributed by atoms with E-state index >= 15 is 0 Å². The van der Waals surface area contributed by atoms with E-state index in [1.807, 2.05) is 0 Å². The minimum absolute atomic E-state index is 0.0237. The van der Waals surface area contributed by atoms with Crippen molar-refractivity contribution in [1.82, 2.24) is 9.78 Å². The maximum atomic E-state index is 12.2. The molecule has 1 heterocycles. The highest BCUT2D eigenvalue weighted by Gasteiger charge is 2.21. The third-order valence-corrected chi connectivity index (χ3v) is 3.98. The summed E-state index contributed by atoms with van der Waals surface area (Å²) in [6.07, 6.45) is 0.740. The van der Waals surface area contributed by atoms with Crippen LogP contribution in [0.1, 0.15) is 24.2 Å². The molecule has 0 aliphatic heterocycles. The van der Waals surface area contributed by atoms with Crippen LogP contribution in [0.2, 0.25) is 0 Å². The number of amides is 1. The van der Waals surface area contributed by atoms with Crippen molar-refractivity contribution in [2.75, 3.05) is 19.5 Å². The number of nitro groups is 1. The van der Waals surface area contributed by atoms with E-state index in [1.165, 1.54) is 7.11 Å². The summed E-state index contributed by atoms with van der Waals surface area (Å²) in [5.74, 6) is 0.956. The van der Waals surface area contributed by atoms with Crippen LogP contribution in [0.3, 0.4) is 0 Å². The van der Waals surface area contributed by atoms with Gasteiger partial charge in [0.05, 0.1) is 24.8 Å². The lowest BCUT2D eigenvalue weighted by molar-refractivity contribution is -0.386. The van der Waals surface area contributed by atoms with E-state index in [0.717, 1.165) is 0 Å². The van der Waals surface area contributed by atoms with Gasteiger partial charge >= 0.3 is 5.69 Å². The molecule has 1 amide bonds. The van der Waals surface area contributed by atoms with Gasteiger partial charge < -0.3 is 14.8 Å². The molecule has 2 rings (SSSR count). The Hall–Kier alpha value is -3.10. The van der Waals surface area contributed by atoms with Crippen LogP contribution in [-0.2, 0) is 11.3 Å². The number of hydrogen-bond donors (Lipinski definition) is 1. The van der Waals surface area contributed by atoms with E-state index in [0.29, 0.717) is 41.5 Å². The van der Waals surface area contributed by atoms with Gasteiger partial charge in [-0.3, -0.25) is 19.6 Å². The number of carbonyl (C=O) groups excluding carboxylic acids is 1. The van der Waals surface area contributed by atoms with Crippen molar-refractivity contribution in [3.63, 3.8) is 0 Å². The zero-order chi connectivity index (χ0) is 19.3. The fourth-order valence-corrected chi connectivity index (χ4v) is 2.68. The molecular weight excluding hydrogens is 340 g/mol. The Morgan fingerprint density at radius 1 is 1.31 bits per heavy atom. The van der Waals surface area contributed by atoms with Gasteiger partial charge in [-0.05, 0) is 32.4 Å². The molecule has 0 atom stereocenters. The molecular formula is C17H22N4O5. The number of hydrogen-bond acceptors (Lipinski definition) is 6. The standard InChI is InChI=1S/C17H22N4O5/c1-11-17(21(23)24)12(2)20(19-11)9-5-6-16(22)18-14-10-13(25-3)7-8-15(14)26-4/h7-8,10H,5-6,9H2,1-4H3,(H,18,22). The van der Waals surface area contributed by atoms with Gasteiger partial charge in [-0.2, -0.15) is 5.10 Å². The van der Waals surface area contributed by atoms with Crippen LogP contribution in [0, 0.1) is 24.0 Å². The maximum absolute atomic E-state index is 12.2. The number of nitrogens with one attached hydrogen (secondary N) is 1. The molecule has 0 bridgehead atoms. The van der Waals surface area contributed by atoms with Crippen LogP contribution in [0.4, 0.5) is 11.4 Å². The van der Waals surface area contributed by atoms with Crippen LogP contribution in [-0.4, -0.2) is 34.8 Å². The second-order valence-electron chi connectivity index (χ2n) is 5.72. The zero-order valence-corrected chi connectivity index (χ0v) is 15.2. The Morgan fingerprint density at radius 3 is 2.62 bits per heavy atom. The van der Waals surface area contributed by atoms with Gasteiger partial charge in [-0.25, -0.2) is 0 Å². The van der Waals surface area contributed by atoms with E-state index in [9.17, 15) is 14.9 Å². The molecule has 9 nitrogen and oxygen atoms in total. The molecule has 0 spiro atoms. The zero-order valence-electron chi connectivity index (χ0n) is 15.2. The number of carbonyl (C=O) groups is 1. The predicted molar refractivity (Wildman–Crippen MR) is 95.8 cm³/mol. The van der Waals surface area contributed by atoms with Crippen molar-refractivity contribution in [3.05, 3.63) is 39.7 Å². The molecule has 0 saturated heterocycles. The highest BCUT2D eigenvalue weighted by Crippen LogP contribution is 2.29. The van der Waals surface area contributed by atoms with E-state index < -0.39 is 4.92 Å². The second kappa shape index (κ2) is 8.32. The molecule has 0 saturated carbocycles. The van der Waals surface area contributed by atoms with E-state index in [-0.39, 0.29) is 18.0 Å². The Balaban J connectivity index is 1.96. The highest BCUT2D eigenvalue weighted by atomic mass is 16.6. The number of ether oxygens (including phenoxy) is 2. The first-order valence-electron chi connectivity index (χ1n) is 8.07. The monoisotopic (exact) mass is 362 g/mol. The fourth-order valence-electron chi connectivity index (χ4n) is 2.68. The smallest absolute Gasteiger partial charge is 0.312 e. The number of benzene rings is 1. The molecule has 0 fully saturated rings. The lowest BCUT2D eigenvalue weighted by Gasteiger charge is -2.12. The summed E-state index contributed by atoms with van der Waals surface area (Å²) in [4.78, 5) is 22.8. The third kappa shape index (κ3) is 4.29. The van der Waals surface area contributed by atoms with Gasteiger partial charge in [0, 0.05) is 19.0 Å². The molecule has 1 aromatic heterocycles. The number of rotatable bonds is 8. The molecule has 9 heteroatoms. The summed E-state index contributed by atoms with van der Waals surface area (Å²) >= 11 is 0. The number of anilines is 1. The molecule has 1 aromatic carbocycles. The third-order valence-electron chi connectivity index (χ3n) is 3.98. The topological polar surface area (TPSA) is 109 Å². The average Bonchev–Trinajstić information content (AvgIpc) is 2.88. The summed E-state index contributed by atoms with van der Waals surface area (Å²) < 4.78 is 11.9. The Labute approximate surface area is 151 Å². The van der Waals surface area contributed by atoms with Crippen LogP contribution in [0.25, 0.3) is 0 Å². The maximum Gasteiger partial charge on any atom is 0.312 e. The summed E-state index contributed by atoms with van der Waals surface area (Å²) in [5, 5.41) is 18.0. The molecule has 0 radical (unpaired) electrons. The van der Waals surface area contributed by atoms with Gasteiger partial charge in [-0.1, -0.05) is 0 Å². The summed E-state index contributed by atoms with van der Waals surface area (Å²) in [6, 6.07) is 5.13. The Morgan fingerprint density at radius 2 is 2.04 bits per heavy atom. The van der Waals surface area contributed by atoms with Gasteiger partial charge in [-0.15, -0.1) is 0 Å². The first-order valence-corrected chi connectivity index (χ1v) is 8.07. The van der Waals surface area contributed by atoms with E-state index in [1.54, 1.807) is 43.8 Å². The SMILES string of the molecule is COc1ccc(OC)c(NC(=O)CCCn2nc(C)c([N+](=O)[O-])c2C)c1. The Bertz CT molecular complexity index is 816. The molecule has 140 valence electrons. The van der Waals surface area contributed by atoms with Crippen molar-refractivity contribution in [1.29, 1.82) is 0 Å². The minimum atomic E-state index is -0.435. The number of nitrogens with zero attached hydrogens (tertiary/aromatic N) is 3. The van der Waals surface area contributed by atoms with Crippen molar-refractivity contribution < 1.29 is 19.2 Å². The average molecular weight is 362 g/mol. The van der Waals surface area contributed by atoms with E-state index in [4.69, 9.17) is 9.47 Å². The van der Waals surface area contributed by atoms with Crippen LogP contribution >= 0.6 is 0 Å². The number of methoxy groups -OCH3 is 2. The summed E-state index contributed by atoms with van der Waals surface area (Å²) in [6.45, 7) is 3.67. The molecule has 2 aromatic rings. The van der Waals surface area contributed by atoms with E-state index in [2.05, 4.69) is 10.4 Å². The van der Waals surface area contributed by atoms with Gasteiger partial charge in [0.25, 0.3) is 0 Å². The Kier molecular flexibility index (Phi) is 6.16. The first-order chi connectivity index (χ1) is 12.4. The van der Waals surface area contributed by atoms with Crippen molar-refractivity contribution >= 4 is 17.3 Å². The van der Waals surface area contributed by atoms with Crippen LogP contribution in [0.5, 0.6) is 11.5 Å². The normalized spacial score (nSPS) is 10.5. The lowest BCUT2D eigenvalue weighted by Crippen LogP contribution is -2.14. The quantitative estimate of drug-likeness (QED) is 0.571. The minimum Gasteiger partial charge on any atom is -0.497 e. The lowest BCUT2D eigenvalue weighted by atomic mass is 10.2. The predicted octanol–water partition coefficient (Wildman–Crippen LogP) is 2.84. The van der Waals surface area contributed by atoms with Crippen molar-refractivity contribution in [3.8, 4) is 11.5 Å². The first kappa shape index (κ1) is 19.2. The fraction of sp³-hybridized carbons (Fsp3) is 0.412. The van der Waals surface area contributed by atoms with Gasteiger partial charge in [0.15, 0.2) is 0 Å². The molecule has 0 unspecified atom stereocenters. The van der Waals surface area contributed by atoms with Crippen LogP contribution in [0.15, 0.2) is 18.2 Å². The van der Waals surface area contributed by atoms with Gasteiger partial charge in [0.1, 0.15) is 22.9 Å². The second-order valence-corrected chi connectivity index (χ2v) is 5.72. The molecule has 0 aliphatic rings.